The normalized spacial score (nSPS) is 24.8. The number of aromatic nitrogens is 3. The molecule has 0 saturated carbocycles. The third kappa shape index (κ3) is 3.81. The molecule has 2 unspecified atom stereocenters. The molecule has 6 rings (SSSR count). The highest BCUT2D eigenvalue weighted by atomic mass is 16.5. The summed E-state index contributed by atoms with van der Waals surface area (Å²) in [5.41, 5.74) is 5.48. The van der Waals surface area contributed by atoms with E-state index in [9.17, 15) is 0 Å². The number of hydrogen-bond acceptors (Lipinski definition) is 7. The quantitative estimate of drug-likeness (QED) is 0.625. The van der Waals surface area contributed by atoms with E-state index >= 15 is 0 Å². The molecule has 3 aliphatic rings. The molecular formula is C27H34N6O. The third-order valence-corrected chi connectivity index (χ3v) is 8.11. The molecule has 7 heteroatoms. The molecule has 2 bridgehead atoms. The fourth-order valence-corrected chi connectivity index (χ4v) is 5.91. The van der Waals surface area contributed by atoms with E-state index in [1.54, 1.807) is 0 Å². The summed E-state index contributed by atoms with van der Waals surface area (Å²) >= 11 is 0. The van der Waals surface area contributed by atoms with E-state index < -0.39 is 0 Å². The lowest BCUT2D eigenvalue weighted by Crippen LogP contribution is -2.52. The topological polar surface area (TPSA) is 66.4 Å². The fraction of sp³-hybridized carbons (Fsp3) is 0.519. The van der Waals surface area contributed by atoms with Crippen molar-refractivity contribution < 1.29 is 4.74 Å². The Morgan fingerprint density at radius 3 is 2.65 bits per heavy atom. The van der Waals surface area contributed by atoms with Gasteiger partial charge in [0, 0.05) is 48.4 Å². The van der Waals surface area contributed by atoms with Crippen molar-refractivity contribution in [1.82, 2.24) is 25.2 Å². The van der Waals surface area contributed by atoms with Gasteiger partial charge in [-0.25, -0.2) is 0 Å². The number of hydrogen-bond donors (Lipinski definition) is 1. The van der Waals surface area contributed by atoms with E-state index in [-0.39, 0.29) is 0 Å². The van der Waals surface area contributed by atoms with Crippen molar-refractivity contribution in [3.8, 4) is 17.3 Å². The Hall–Kier alpha value is -2.77. The van der Waals surface area contributed by atoms with E-state index in [4.69, 9.17) is 14.7 Å². The molecule has 3 aliphatic heterocycles. The molecule has 34 heavy (non-hydrogen) atoms. The Labute approximate surface area is 201 Å². The molecule has 3 aromatic rings. The van der Waals surface area contributed by atoms with Gasteiger partial charge >= 0.3 is 6.01 Å². The van der Waals surface area contributed by atoms with Crippen molar-refractivity contribution in [2.24, 2.45) is 0 Å². The maximum absolute atomic E-state index is 6.26. The highest BCUT2D eigenvalue weighted by molar-refractivity contribution is 5.93. The molecule has 1 aromatic carbocycles. The van der Waals surface area contributed by atoms with Gasteiger partial charge in [0.2, 0.25) is 0 Å². The zero-order chi connectivity index (χ0) is 23.2. The largest absolute Gasteiger partial charge is 0.462 e. The van der Waals surface area contributed by atoms with E-state index in [1.807, 2.05) is 6.20 Å². The summed E-state index contributed by atoms with van der Waals surface area (Å²) in [6, 6.07) is 10.5. The van der Waals surface area contributed by atoms with Gasteiger partial charge in [0.05, 0.1) is 11.2 Å². The minimum Gasteiger partial charge on any atom is -0.462 e. The van der Waals surface area contributed by atoms with Crippen LogP contribution >= 0.6 is 0 Å². The summed E-state index contributed by atoms with van der Waals surface area (Å²) in [5, 5.41) is 4.68. The molecule has 3 atom stereocenters. The fourth-order valence-electron chi connectivity index (χ4n) is 5.91. The molecule has 0 aliphatic carbocycles. The minimum absolute atomic E-state index is 0.434. The van der Waals surface area contributed by atoms with Crippen LogP contribution in [0.25, 0.3) is 22.2 Å². The van der Waals surface area contributed by atoms with Crippen LogP contribution in [0.4, 0.5) is 5.82 Å². The van der Waals surface area contributed by atoms with Gasteiger partial charge in [-0.05, 0) is 82.4 Å². The second-order valence-corrected chi connectivity index (χ2v) is 10.2. The van der Waals surface area contributed by atoms with Crippen molar-refractivity contribution >= 4 is 16.7 Å². The lowest BCUT2D eigenvalue weighted by Gasteiger charge is -2.37. The van der Waals surface area contributed by atoms with Gasteiger partial charge in [-0.1, -0.05) is 6.07 Å². The molecule has 0 spiro atoms. The first kappa shape index (κ1) is 21.7. The summed E-state index contributed by atoms with van der Waals surface area (Å²) in [4.78, 5) is 19.5. The van der Waals surface area contributed by atoms with Crippen molar-refractivity contribution in [1.29, 1.82) is 0 Å². The number of likely N-dealkylation sites (N-methyl/N-ethyl adjacent to an activating group) is 1. The smallest absolute Gasteiger partial charge is 0.319 e. The molecule has 0 amide bonds. The number of likely N-dealkylation sites (tertiary alicyclic amines) is 1. The van der Waals surface area contributed by atoms with E-state index in [2.05, 4.69) is 65.3 Å². The van der Waals surface area contributed by atoms with Crippen molar-refractivity contribution in [2.45, 2.75) is 57.7 Å². The molecular weight excluding hydrogens is 424 g/mol. The van der Waals surface area contributed by atoms with Crippen LogP contribution in [0.2, 0.25) is 0 Å². The van der Waals surface area contributed by atoms with Gasteiger partial charge in [-0.3, -0.25) is 4.98 Å². The predicted octanol–water partition coefficient (Wildman–Crippen LogP) is 3.72. The Bertz CT molecular complexity index is 1200. The molecule has 5 heterocycles. The van der Waals surface area contributed by atoms with E-state index in [1.165, 1.54) is 36.8 Å². The number of nitrogens with one attached hydrogen (secondary N) is 1. The molecule has 178 valence electrons. The van der Waals surface area contributed by atoms with Gasteiger partial charge in [-0.15, -0.1) is 0 Å². The summed E-state index contributed by atoms with van der Waals surface area (Å²) < 4.78 is 6.26. The maximum Gasteiger partial charge on any atom is 0.319 e. The number of benzene rings is 1. The van der Waals surface area contributed by atoms with Gasteiger partial charge < -0.3 is 19.9 Å². The Kier molecular flexibility index (Phi) is 5.62. The SMILES string of the molecule is Cc1ccnc(-c2ccc3c(N4C5CCC4CNC5)nc(OC[C@@H]4CCCN4C)nc3c2)c1C. The minimum atomic E-state index is 0.434. The van der Waals surface area contributed by atoms with E-state index in [0.717, 1.165) is 47.6 Å². The third-order valence-electron chi connectivity index (χ3n) is 8.11. The standard InChI is InChI=1S/C27H34N6O/c1-17-10-11-29-25(18(17)2)19-6-9-23-24(13-19)30-27(34-16-22-5-4-12-32(22)3)31-26(23)33-20-7-8-21(33)15-28-14-20/h6,9-11,13,20-22,28H,4-5,7-8,12,14-16H2,1-3H3/t20?,21?,22-/m0/s1. The second kappa shape index (κ2) is 8.78. The number of ether oxygens (including phenoxy) is 1. The highest BCUT2D eigenvalue weighted by Crippen LogP contribution is 2.37. The molecule has 1 N–H and O–H groups in total. The summed E-state index contributed by atoms with van der Waals surface area (Å²) in [7, 11) is 2.18. The van der Waals surface area contributed by atoms with Crippen LogP contribution in [0.3, 0.4) is 0 Å². The molecule has 2 aromatic heterocycles. The van der Waals surface area contributed by atoms with Crippen LogP contribution in [0, 0.1) is 13.8 Å². The Morgan fingerprint density at radius 2 is 1.88 bits per heavy atom. The van der Waals surface area contributed by atoms with Crippen molar-refractivity contribution in [3.63, 3.8) is 0 Å². The second-order valence-electron chi connectivity index (χ2n) is 10.2. The van der Waals surface area contributed by atoms with Gasteiger partial charge in [0.1, 0.15) is 12.4 Å². The average molecular weight is 459 g/mol. The average Bonchev–Trinajstić information content (AvgIpc) is 3.36. The Morgan fingerprint density at radius 1 is 1.06 bits per heavy atom. The summed E-state index contributed by atoms with van der Waals surface area (Å²) in [5.74, 6) is 1.02. The van der Waals surface area contributed by atoms with Crippen molar-refractivity contribution in [2.75, 3.05) is 38.2 Å². The summed E-state index contributed by atoms with van der Waals surface area (Å²) in [6.07, 6.45) is 6.69. The van der Waals surface area contributed by atoms with Crippen LogP contribution in [0.15, 0.2) is 30.5 Å². The molecule has 0 radical (unpaired) electrons. The number of piperazine rings is 1. The first-order valence-corrected chi connectivity index (χ1v) is 12.6. The maximum atomic E-state index is 6.26. The lowest BCUT2D eigenvalue weighted by molar-refractivity contribution is 0.188. The zero-order valence-corrected chi connectivity index (χ0v) is 20.4. The van der Waals surface area contributed by atoms with Crippen LogP contribution in [0.5, 0.6) is 6.01 Å². The number of pyridine rings is 1. The number of aryl methyl sites for hydroxylation is 1. The predicted molar refractivity (Wildman–Crippen MR) is 136 cm³/mol. The number of rotatable bonds is 5. The van der Waals surface area contributed by atoms with Crippen molar-refractivity contribution in [3.05, 3.63) is 41.6 Å². The molecule has 3 saturated heterocycles. The van der Waals surface area contributed by atoms with E-state index in [0.29, 0.717) is 30.7 Å². The molecule has 3 fully saturated rings. The van der Waals surface area contributed by atoms with Gasteiger partial charge in [0.25, 0.3) is 0 Å². The van der Waals surface area contributed by atoms with Crippen LogP contribution in [-0.2, 0) is 0 Å². The van der Waals surface area contributed by atoms with Crippen LogP contribution < -0.4 is 15.0 Å². The van der Waals surface area contributed by atoms with Crippen LogP contribution in [-0.4, -0.2) is 71.3 Å². The lowest BCUT2D eigenvalue weighted by atomic mass is 10.0. The first-order chi connectivity index (χ1) is 16.6. The number of fused-ring (bicyclic) bond motifs is 3. The van der Waals surface area contributed by atoms with Crippen LogP contribution in [0.1, 0.15) is 36.8 Å². The summed E-state index contributed by atoms with van der Waals surface area (Å²) in [6.45, 7) is 8.06. The number of anilines is 1. The molecule has 7 nitrogen and oxygen atoms in total. The van der Waals surface area contributed by atoms with Gasteiger partial charge in [-0.2, -0.15) is 9.97 Å². The number of nitrogens with zero attached hydrogens (tertiary/aromatic N) is 5. The highest BCUT2D eigenvalue weighted by Gasteiger charge is 2.38. The first-order valence-electron chi connectivity index (χ1n) is 12.6. The van der Waals surface area contributed by atoms with Gasteiger partial charge in [0.15, 0.2) is 0 Å². The monoisotopic (exact) mass is 458 g/mol. The zero-order valence-electron chi connectivity index (χ0n) is 20.4. The Balaban J connectivity index is 1.43.